The molecule has 10 nitrogen and oxygen atoms in total. The molecule has 0 radical (unpaired) electrons. The maximum Gasteiger partial charge on any atom is 0.310 e. The van der Waals surface area contributed by atoms with Crippen molar-refractivity contribution < 1.29 is 35.8 Å². The first kappa shape index (κ1) is 41.3. The second-order valence-corrected chi connectivity index (χ2v) is 16.2. The van der Waals surface area contributed by atoms with E-state index in [-0.39, 0.29) is 12.4 Å². The lowest BCUT2D eigenvalue weighted by molar-refractivity contribution is -0.138. The number of ether oxygens (including phenoxy) is 1. The van der Waals surface area contributed by atoms with E-state index in [1.807, 2.05) is 90.6 Å². The summed E-state index contributed by atoms with van der Waals surface area (Å²) >= 11 is 1.93. The van der Waals surface area contributed by atoms with Crippen LogP contribution in [0.2, 0.25) is 0 Å². The summed E-state index contributed by atoms with van der Waals surface area (Å²) in [5.41, 5.74) is 8.16. The molecule has 0 saturated carbocycles. The number of phenolic OH excluding ortho intramolecular Hbond substituents is 3. The van der Waals surface area contributed by atoms with Crippen LogP contribution in [0.3, 0.4) is 0 Å². The molecular formula is C53H42N2O8S. The average molecular weight is 867 g/mol. The van der Waals surface area contributed by atoms with E-state index < -0.39 is 34.6 Å². The molecule has 1 aliphatic rings. The zero-order chi connectivity index (χ0) is 44.3. The van der Waals surface area contributed by atoms with Crippen LogP contribution in [-0.2, 0) is 17.2 Å². The number of benzene rings is 7. The summed E-state index contributed by atoms with van der Waals surface area (Å²) in [5.74, 6) is -1.18. The summed E-state index contributed by atoms with van der Waals surface area (Å²) < 4.78 is 11.4. The number of rotatable bonds is 6. The minimum absolute atomic E-state index is 0. The number of aliphatic carboxylic acids is 1. The highest BCUT2D eigenvalue weighted by molar-refractivity contribution is 7.98. The number of hydrogen-bond donors (Lipinski definition) is 5. The lowest BCUT2D eigenvalue weighted by Gasteiger charge is -2.15. The number of carboxylic acid groups (broad SMARTS) is 1. The third-order valence-corrected chi connectivity index (χ3v) is 12.2. The van der Waals surface area contributed by atoms with E-state index in [1.165, 1.54) is 38.7 Å². The predicted molar refractivity (Wildman–Crippen MR) is 254 cm³/mol. The Balaban J connectivity index is 0.000000136. The average Bonchev–Trinajstić information content (AvgIpc) is 3.72. The summed E-state index contributed by atoms with van der Waals surface area (Å²) in [6, 6.07) is 52.0. The van der Waals surface area contributed by atoms with Gasteiger partial charge in [-0.05, 0) is 65.2 Å². The van der Waals surface area contributed by atoms with Gasteiger partial charge in [0.05, 0.1) is 22.8 Å². The van der Waals surface area contributed by atoms with Crippen LogP contribution < -0.4 is 10.2 Å². The number of H-pyrrole nitrogens is 1. The number of aromatic nitrogens is 2. The highest BCUT2D eigenvalue weighted by atomic mass is 32.2. The topological polar surface area (TPSA) is 166 Å². The molecule has 4 heterocycles. The number of nitrogens with zero attached hydrogens (tertiary/aromatic N) is 1. The summed E-state index contributed by atoms with van der Waals surface area (Å²) in [6.07, 6.45) is 0. The molecule has 1 atom stereocenters. The Hall–Kier alpha value is -8.02. The number of nitrogens with one attached hydrogen (secondary N) is 1. The molecule has 5 N–H and O–H groups in total. The molecule has 0 spiro atoms. The van der Waals surface area contributed by atoms with Crippen molar-refractivity contribution in [1.29, 1.82) is 0 Å². The van der Waals surface area contributed by atoms with E-state index in [0.29, 0.717) is 17.9 Å². The number of aromatic hydroxyl groups is 3. The van der Waals surface area contributed by atoms with Gasteiger partial charge in [0.2, 0.25) is 5.75 Å². The van der Waals surface area contributed by atoms with Crippen LogP contribution in [0.25, 0.3) is 66.1 Å². The van der Waals surface area contributed by atoms with E-state index in [1.54, 1.807) is 31.2 Å². The summed E-state index contributed by atoms with van der Waals surface area (Å²) in [7, 11) is 0. The Morgan fingerprint density at radius 2 is 1.50 bits per heavy atom. The molecule has 318 valence electrons. The van der Waals surface area contributed by atoms with Crippen molar-refractivity contribution in [2.24, 2.45) is 0 Å². The molecule has 64 heavy (non-hydrogen) atoms. The van der Waals surface area contributed by atoms with E-state index in [4.69, 9.17) is 14.3 Å². The van der Waals surface area contributed by atoms with Crippen molar-refractivity contribution in [1.82, 2.24) is 9.97 Å². The molecule has 3 aromatic heterocycles. The highest BCUT2D eigenvalue weighted by Crippen LogP contribution is 2.44. The van der Waals surface area contributed by atoms with Gasteiger partial charge in [0.25, 0.3) is 0 Å². The van der Waals surface area contributed by atoms with Crippen LogP contribution >= 0.6 is 11.8 Å². The van der Waals surface area contributed by atoms with Gasteiger partial charge in [-0.3, -0.25) is 9.59 Å². The first-order chi connectivity index (χ1) is 31.1. The fourth-order valence-electron chi connectivity index (χ4n) is 7.64. The largest absolute Gasteiger partial charge is 0.504 e. The Bertz CT molecular complexity index is 3430. The first-order valence-electron chi connectivity index (χ1n) is 20.4. The van der Waals surface area contributed by atoms with Crippen LogP contribution in [0, 0.1) is 0 Å². The predicted octanol–water partition coefficient (Wildman–Crippen LogP) is 12.4. The van der Waals surface area contributed by atoms with Gasteiger partial charge in [0.1, 0.15) is 29.1 Å². The molecule has 0 bridgehead atoms. The van der Waals surface area contributed by atoms with Crippen molar-refractivity contribution >= 4 is 61.3 Å². The monoisotopic (exact) mass is 866 g/mol. The summed E-state index contributed by atoms with van der Waals surface area (Å²) in [6.45, 7) is 2.09. The van der Waals surface area contributed by atoms with Gasteiger partial charge in [-0.2, -0.15) is 0 Å². The number of para-hydroxylation sites is 2. The Morgan fingerprint density at radius 3 is 2.34 bits per heavy atom. The molecule has 0 aliphatic carbocycles. The van der Waals surface area contributed by atoms with E-state index in [0.717, 1.165) is 50.5 Å². The molecule has 0 amide bonds. The van der Waals surface area contributed by atoms with Gasteiger partial charge in [-0.1, -0.05) is 115 Å². The standard InChI is InChI=1S/C23H19NO3.C15H11NS.C15H10O5.H2/c1-15(23(25)26)17-6-7-19-13-21(11-9-18(19)12-17)27-14-20-10-8-16-4-2-3-5-22(16)24-20;1-3-7-13-10(5-1)12-9-17-14-8-4-2-6-11(14)15(12)16-13;16-9-6-11(8-4-2-1-3-5-8)20-12-7-10(17)14(18)15(19)13(9)12;/h2-13,15H,14H2,1H3,(H,25,26);1-8,16H,9H2;1-7,17-19H;1H/t15-;;;/m0.../s1. The van der Waals surface area contributed by atoms with Crippen molar-refractivity contribution in [2.45, 2.75) is 30.1 Å². The maximum atomic E-state index is 12.0. The summed E-state index contributed by atoms with van der Waals surface area (Å²) in [4.78, 5) is 32.8. The number of hydrogen-bond acceptors (Lipinski definition) is 9. The van der Waals surface area contributed by atoms with Gasteiger partial charge in [-0.15, -0.1) is 11.8 Å². The fraction of sp³-hybridized carbons (Fsp3) is 0.0755. The molecule has 7 aromatic carbocycles. The SMILES string of the molecule is C[C@H](C(=O)O)c1ccc2cc(OCc3ccc4ccccc4n3)ccc2c1.O=c1cc(-c2ccccc2)oc2cc(O)c(O)c(O)c12.[HH].c1ccc2c(c1)SCc1c-2[nH]c2ccccc12. The Labute approximate surface area is 372 Å². The number of pyridine rings is 1. The normalized spacial score (nSPS) is 12.1. The molecule has 1 aliphatic heterocycles. The highest BCUT2D eigenvalue weighted by Gasteiger charge is 2.21. The van der Waals surface area contributed by atoms with Crippen molar-refractivity contribution in [3.8, 4) is 45.6 Å². The molecule has 0 saturated heterocycles. The molecule has 11 heteroatoms. The lowest BCUT2D eigenvalue weighted by atomic mass is 9.98. The van der Waals surface area contributed by atoms with Crippen LogP contribution in [0.5, 0.6) is 23.0 Å². The zero-order valence-electron chi connectivity index (χ0n) is 34.4. The minimum Gasteiger partial charge on any atom is -0.504 e. The quantitative estimate of drug-likeness (QED) is 0.102. The minimum atomic E-state index is -0.822. The van der Waals surface area contributed by atoms with E-state index in [2.05, 4.69) is 58.5 Å². The van der Waals surface area contributed by atoms with Crippen LogP contribution in [-0.4, -0.2) is 36.4 Å². The van der Waals surface area contributed by atoms with E-state index in [9.17, 15) is 24.9 Å². The Kier molecular flexibility index (Phi) is 11.5. The van der Waals surface area contributed by atoms with E-state index >= 15 is 0 Å². The van der Waals surface area contributed by atoms with Gasteiger partial charge in [0, 0.05) is 51.6 Å². The third-order valence-electron chi connectivity index (χ3n) is 11.1. The van der Waals surface area contributed by atoms with Crippen molar-refractivity contribution in [3.05, 3.63) is 191 Å². The number of fused-ring (bicyclic) bond motifs is 8. The smallest absolute Gasteiger partial charge is 0.310 e. The Morgan fingerprint density at radius 1 is 0.781 bits per heavy atom. The van der Waals surface area contributed by atoms with Crippen LogP contribution in [0.4, 0.5) is 0 Å². The van der Waals surface area contributed by atoms with Crippen molar-refractivity contribution in [2.75, 3.05) is 0 Å². The molecule has 11 rings (SSSR count). The zero-order valence-corrected chi connectivity index (χ0v) is 35.2. The van der Waals surface area contributed by atoms with Gasteiger partial charge in [-0.25, -0.2) is 4.98 Å². The second kappa shape index (κ2) is 17.8. The first-order valence-corrected chi connectivity index (χ1v) is 21.4. The van der Waals surface area contributed by atoms with Crippen LogP contribution in [0.1, 0.15) is 31.1 Å². The lowest BCUT2D eigenvalue weighted by Crippen LogP contribution is -2.07. The maximum absolute atomic E-state index is 12.0. The molecular weight excluding hydrogens is 825 g/mol. The summed E-state index contributed by atoms with van der Waals surface area (Å²) in [5, 5.41) is 42.1. The number of phenols is 3. The van der Waals surface area contributed by atoms with Gasteiger partial charge >= 0.3 is 5.97 Å². The van der Waals surface area contributed by atoms with Crippen molar-refractivity contribution in [3.63, 3.8) is 0 Å². The second-order valence-electron chi connectivity index (χ2n) is 15.2. The fourth-order valence-corrected chi connectivity index (χ4v) is 8.74. The number of thioether (sulfide) groups is 1. The number of aromatic amines is 1. The van der Waals surface area contributed by atoms with Gasteiger partial charge < -0.3 is 34.6 Å². The van der Waals surface area contributed by atoms with Crippen LogP contribution in [0.15, 0.2) is 178 Å². The van der Waals surface area contributed by atoms with Gasteiger partial charge in [0.15, 0.2) is 16.9 Å². The molecule has 0 unspecified atom stereocenters. The molecule has 10 aromatic rings. The molecule has 0 fully saturated rings. The number of carboxylic acids is 1. The third kappa shape index (κ3) is 8.44. The number of carbonyl (C=O) groups is 1.